The number of halogens is 3. The van der Waals surface area contributed by atoms with Crippen LogP contribution in [0, 0.1) is 0 Å². The molecule has 1 atom stereocenters. The second-order valence-electron chi connectivity index (χ2n) is 8.54. The third kappa shape index (κ3) is 8.51. The van der Waals surface area contributed by atoms with Crippen LogP contribution in [0.1, 0.15) is 45.2 Å². The molecule has 2 rings (SSSR count). The summed E-state index contributed by atoms with van der Waals surface area (Å²) < 4.78 is 0. The maximum atomic E-state index is 13.3. The highest BCUT2D eigenvalue weighted by Crippen LogP contribution is 2.25. The zero-order valence-corrected chi connectivity index (χ0v) is 21.8. The zero-order valence-electron chi connectivity index (χ0n) is 18.8. The molecule has 0 aliphatic rings. The van der Waals surface area contributed by atoms with E-state index in [2.05, 4.69) is 5.32 Å². The Morgan fingerprint density at radius 2 is 1.66 bits per heavy atom. The number of thioether (sulfide) groups is 1. The van der Waals surface area contributed by atoms with Gasteiger partial charge in [0.15, 0.2) is 0 Å². The highest BCUT2D eigenvalue weighted by atomic mass is 35.5. The summed E-state index contributed by atoms with van der Waals surface area (Å²) in [6, 6.07) is 12.1. The van der Waals surface area contributed by atoms with E-state index in [0.29, 0.717) is 27.2 Å². The van der Waals surface area contributed by atoms with E-state index < -0.39 is 11.6 Å². The van der Waals surface area contributed by atoms with Crippen LogP contribution in [0.3, 0.4) is 0 Å². The normalized spacial score (nSPS) is 12.3. The van der Waals surface area contributed by atoms with Crippen molar-refractivity contribution in [2.24, 2.45) is 0 Å². The van der Waals surface area contributed by atoms with Crippen LogP contribution in [-0.2, 0) is 21.9 Å². The van der Waals surface area contributed by atoms with Gasteiger partial charge in [0.25, 0.3) is 0 Å². The monoisotopic (exact) mass is 514 g/mol. The van der Waals surface area contributed by atoms with E-state index in [1.165, 1.54) is 11.8 Å². The fraction of sp³-hybridized carbons (Fsp3) is 0.417. The van der Waals surface area contributed by atoms with Gasteiger partial charge in [-0.25, -0.2) is 0 Å². The molecule has 0 heterocycles. The molecule has 0 unspecified atom stereocenters. The van der Waals surface area contributed by atoms with Crippen LogP contribution >= 0.6 is 46.6 Å². The van der Waals surface area contributed by atoms with E-state index in [1.54, 1.807) is 23.1 Å². The fourth-order valence-corrected chi connectivity index (χ4v) is 4.59. The third-order valence-electron chi connectivity index (χ3n) is 4.65. The fourth-order valence-electron chi connectivity index (χ4n) is 3.13. The van der Waals surface area contributed by atoms with Crippen LogP contribution in [0.2, 0.25) is 15.1 Å². The second kappa shape index (κ2) is 12.2. The molecule has 0 fully saturated rings. The summed E-state index contributed by atoms with van der Waals surface area (Å²) in [4.78, 5) is 27.9. The van der Waals surface area contributed by atoms with Crippen molar-refractivity contribution in [1.82, 2.24) is 10.2 Å². The highest BCUT2D eigenvalue weighted by Gasteiger charge is 2.30. The topological polar surface area (TPSA) is 49.4 Å². The Kier molecular flexibility index (Phi) is 10.2. The number of nitrogens with zero attached hydrogens (tertiary/aromatic N) is 1. The summed E-state index contributed by atoms with van der Waals surface area (Å²) in [6.45, 7) is 7.88. The van der Waals surface area contributed by atoms with Gasteiger partial charge in [0.2, 0.25) is 11.8 Å². The molecule has 0 aromatic heterocycles. The minimum Gasteiger partial charge on any atom is -0.350 e. The number of carbonyl (C=O) groups excluding carboxylic acids is 2. The lowest BCUT2D eigenvalue weighted by atomic mass is 10.1. The smallest absolute Gasteiger partial charge is 0.243 e. The number of hydrogen-bond donors (Lipinski definition) is 1. The van der Waals surface area contributed by atoms with E-state index >= 15 is 0 Å². The Labute approximate surface area is 210 Å². The lowest BCUT2D eigenvalue weighted by molar-refractivity contribution is -0.140. The standard InChI is InChI=1S/C24H29Cl3N2O2S/c1-5-21(23(31)28-24(2,3)4)29(13-17-8-11-19(26)12-20(17)27)22(30)15-32-14-16-6-9-18(25)10-7-16/h6-12,21H,5,13-15H2,1-4H3,(H,28,31)/t21-/m0/s1. The molecule has 0 bridgehead atoms. The van der Waals surface area contributed by atoms with E-state index in [4.69, 9.17) is 34.8 Å². The molecule has 0 spiro atoms. The van der Waals surface area contributed by atoms with Crippen molar-refractivity contribution in [2.75, 3.05) is 5.75 Å². The van der Waals surface area contributed by atoms with Gasteiger partial charge in [0.05, 0.1) is 5.75 Å². The van der Waals surface area contributed by atoms with Crippen LogP contribution in [0.4, 0.5) is 0 Å². The number of nitrogens with one attached hydrogen (secondary N) is 1. The zero-order chi connectivity index (χ0) is 23.9. The van der Waals surface area contributed by atoms with Crippen molar-refractivity contribution in [3.05, 3.63) is 68.7 Å². The van der Waals surface area contributed by atoms with Crippen molar-refractivity contribution in [3.63, 3.8) is 0 Å². The van der Waals surface area contributed by atoms with Gasteiger partial charge in [-0.05, 0) is 62.6 Å². The molecule has 0 radical (unpaired) electrons. The molecule has 2 amide bonds. The predicted molar refractivity (Wildman–Crippen MR) is 137 cm³/mol. The number of benzene rings is 2. The average Bonchev–Trinajstić information content (AvgIpc) is 2.69. The van der Waals surface area contributed by atoms with E-state index in [-0.39, 0.29) is 24.1 Å². The molecule has 0 aliphatic carbocycles. The van der Waals surface area contributed by atoms with Gasteiger partial charge in [0, 0.05) is 32.9 Å². The van der Waals surface area contributed by atoms with Crippen molar-refractivity contribution in [1.29, 1.82) is 0 Å². The Morgan fingerprint density at radius 1 is 1.03 bits per heavy atom. The largest absolute Gasteiger partial charge is 0.350 e. The quantitative estimate of drug-likeness (QED) is 0.409. The first-order valence-electron chi connectivity index (χ1n) is 10.4. The van der Waals surface area contributed by atoms with Crippen LogP contribution in [0.5, 0.6) is 0 Å². The van der Waals surface area contributed by atoms with E-state index in [1.807, 2.05) is 52.0 Å². The third-order valence-corrected chi connectivity index (χ3v) is 6.47. The highest BCUT2D eigenvalue weighted by molar-refractivity contribution is 7.99. The van der Waals surface area contributed by atoms with Gasteiger partial charge in [-0.2, -0.15) is 0 Å². The Hall–Kier alpha value is -1.40. The van der Waals surface area contributed by atoms with Gasteiger partial charge in [0.1, 0.15) is 6.04 Å². The molecule has 174 valence electrons. The molecule has 1 N–H and O–H groups in total. The van der Waals surface area contributed by atoms with Gasteiger partial charge < -0.3 is 10.2 Å². The van der Waals surface area contributed by atoms with Crippen molar-refractivity contribution >= 4 is 58.4 Å². The van der Waals surface area contributed by atoms with Crippen molar-refractivity contribution in [2.45, 2.75) is 58.0 Å². The van der Waals surface area contributed by atoms with Gasteiger partial charge in [-0.15, -0.1) is 11.8 Å². The van der Waals surface area contributed by atoms with Crippen molar-refractivity contribution < 1.29 is 9.59 Å². The number of rotatable bonds is 9. The Balaban J connectivity index is 2.19. The number of carbonyl (C=O) groups is 2. The molecule has 8 heteroatoms. The molecule has 0 aliphatic heterocycles. The molecule has 32 heavy (non-hydrogen) atoms. The first-order valence-corrected chi connectivity index (χ1v) is 12.7. The maximum absolute atomic E-state index is 13.3. The van der Waals surface area contributed by atoms with Crippen molar-refractivity contribution in [3.8, 4) is 0 Å². The van der Waals surface area contributed by atoms with Crippen LogP contribution in [0.15, 0.2) is 42.5 Å². The summed E-state index contributed by atoms with van der Waals surface area (Å²) in [6.07, 6.45) is 0.487. The van der Waals surface area contributed by atoms with Gasteiger partial charge >= 0.3 is 0 Å². The molecule has 2 aromatic rings. The average molecular weight is 516 g/mol. The number of amides is 2. The van der Waals surface area contributed by atoms with E-state index in [0.717, 1.165) is 11.1 Å². The summed E-state index contributed by atoms with van der Waals surface area (Å²) in [5, 5.41) is 4.66. The minimum atomic E-state index is -0.607. The second-order valence-corrected chi connectivity index (χ2v) is 10.8. The summed E-state index contributed by atoms with van der Waals surface area (Å²) in [5.41, 5.74) is 1.42. The minimum absolute atomic E-state index is 0.120. The molecule has 0 saturated carbocycles. The molecule has 2 aromatic carbocycles. The van der Waals surface area contributed by atoms with Crippen LogP contribution < -0.4 is 5.32 Å². The van der Waals surface area contributed by atoms with Gasteiger partial charge in [-0.1, -0.05) is 59.9 Å². The van der Waals surface area contributed by atoms with E-state index in [9.17, 15) is 9.59 Å². The predicted octanol–water partition coefficient (Wildman–Crippen LogP) is 6.60. The summed E-state index contributed by atoms with van der Waals surface area (Å²) >= 11 is 19.8. The molecular weight excluding hydrogens is 487 g/mol. The Morgan fingerprint density at radius 3 is 2.22 bits per heavy atom. The first-order chi connectivity index (χ1) is 15.0. The first kappa shape index (κ1) is 26.8. The lowest BCUT2D eigenvalue weighted by Crippen LogP contribution is -2.53. The van der Waals surface area contributed by atoms with Crippen LogP contribution in [0.25, 0.3) is 0 Å². The molecule has 4 nitrogen and oxygen atoms in total. The van der Waals surface area contributed by atoms with Gasteiger partial charge in [-0.3, -0.25) is 9.59 Å². The maximum Gasteiger partial charge on any atom is 0.243 e. The number of hydrogen-bond acceptors (Lipinski definition) is 3. The molecular formula is C24H29Cl3N2O2S. The molecule has 0 saturated heterocycles. The Bertz CT molecular complexity index is 930. The SMILES string of the molecule is CC[C@@H](C(=O)NC(C)(C)C)N(Cc1ccc(Cl)cc1Cl)C(=O)CSCc1ccc(Cl)cc1. The summed E-state index contributed by atoms with van der Waals surface area (Å²) in [7, 11) is 0. The lowest BCUT2D eigenvalue weighted by Gasteiger charge is -2.33. The summed E-state index contributed by atoms with van der Waals surface area (Å²) in [5.74, 6) is 0.614. The van der Waals surface area contributed by atoms with Crippen LogP contribution in [-0.4, -0.2) is 34.0 Å².